The van der Waals surface area contributed by atoms with Crippen molar-refractivity contribution in [2.45, 2.75) is 51.1 Å². The van der Waals surface area contributed by atoms with E-state index in [2.05, 4.69) is 26.2 Å². The minimum Gasteiger partial charge on any atom is -0.451 e. The molecule has 1 aliphatic rings. The van der Waals surface area contributed by atoms with Crippen molar-refractivity contribution in [2.24, 2.45) is 5.92 Å². The number of carbonyl (C=O) groups excluding carboxylic acids is 2. The van der Waals surface area contributed by atoms with Gasteiger partial charge in [0.25, 0.3) is 0 Å². The van der Waals surface area contributed by atoms with Crippen LogP contribution in [0.3, 0.4) is 0 Å². The van der Waals surface area contributed by atoms with Crippen LogP contribution in [0.25, 0.3) is 0 Å². The Balaban J connectivity index is 1.91. The topological polar surface area (TPSA) is 43.4 Å². The van der Waals surface area contributed by atoms with E-state index in [1.54, 1.807) is 24.3 Å². The van der Waals surface area contributed by atoms with Crippen LogP contribution in [0.1, 0.15) is 29.6 Å². The Morgan fingerprint density at radius 1 is 1.22 bits per heavy atom. The van der Waals surface area contributed by atoms with Crippen LogP contribution in [-0.2, 0) is 9.53 Å². The predicted octanol–water partition coefficient (Wildman–Crippen LogP) is 4.48. The highest BCUT2D eigenvalue weighted by molar-refractivity contribution is 6.76. The summed E-state index contributed by atoms with van der Waals surface area (Å²) < 4.78 is 5.41. The lowest BCUT2D eigenvalue weighted by Crippen LogP contribution is -2.35. The molecule has 1 fully saturated rings. The molecule has 1 saturated carbocycles. The van der Waals surface area contributed by atoms with Crippen LogP contribution < -0.4 is 0 Å². The van der Waals surface area contributed by atoms with Gasteiger partial charge in [0.1, 0.15) is 0 Å². The molecule has 0 unspecified atom stereocenters. The third-order valence-electron chi connectivity index (χ3n) is 4.18. The second-order valence-electron chi connectivity index (χ2n) is 7.60. The number of ether oxygens (including phenoxy) is 1. The summed E-state index contributed by atoms with van der Waals surface area (Å²) in [5.41, 5.74) is 1.69. The first-order valence-corrected chi connectivity index (χ1v) is 11.9. The third kappa shape index (κ3) is 5.17. The predicted molar refractivity (Wildman–Crippen MR) is 95.3 cm³/mol. The molecule has 1 aromatic rings. The maximum atomic E-state index is 12.3. The number of Topliss-reactive ketones (excluding diaryl/α,β-unsaturated/α-hetero) is 1. The second-order valence-corrected chi connectivity index (χ2v) is 13.1. The number of ketones is 1. The maximum absolute atomic E-state index is 12.3. The van der Waals surface area contributed by atoms with Crippen LogP contribution in [-0.4, -0.2) is 25.9 Å². The van der Waals surface area contributed by atoms with E-state index in [0.29, 0.717) is 18.4 Å². The smallest absolute Gasteiger partial charge is 0.338 e. The molecule has 0 spiro atoms. The van der Waals surface area contributed by atoms with Crippen LogP contribution in [0.4, 0.5) is 0 Å². The van der Waals surface area contributed by atoms with Crippen LogP contribution in [0.5, 0.6) is 0 Å². The molecule has 3 nitrogen and oxygen atoms in total. The van der Waals surface area contributed by atoms with Gasteiger partial charge < -0.3 is 4.74 Å². The normalized spacial score (nSPS) is 21.8. The van der Waals surface area contributed by atoms with E-state index in [1.807, 2.05) is 6.07 Å². The second kappa shape index (κ2) is 7.26. The fourth-order valence-electron chi connectivity index (χ4n) is 3.06. The fraction of sp³-hybridized carbons (Fsp3) is 0.474. The molecular weight excluding hydrogens is 304 g/mol. The van der Waals surface area contributed by atoms with Gasteiger partial charge in [-0.05, 0) is 36.9 Å². The Hall–Kier alpha value is -1.68. The summed E-state index contributed by atoms with van der Waals surface area (Å²) >= 11 is 0. The molecule has 23 heavy (non-hydrogen) atoms. The van der Waals surface area contributed by atoms with E-state index in [-0.39, 0.29) is 11.7 Å². The quantitative estimate of drug-likeness (QED) is 0.454. The van der Waals surface area contributed by atoms with Crippen LogP contribution in [0.2, 0.25) is 25.7 Å². The standard InChI is InChI=1S/C19H26O3Si/c1-14(13-23(2,3)4)16-10-11-18(17(20)12-16)22-19(21)15-8-6-5-7-9-15/h5-9,16,18H,1,10-13H2,2-4H3/t16-,18-/m1/s1. The third-order valence-corrected chi connectivity index (χ3v) is 5.69. The van der Waals surface area contributed by atoms with Gasteiger partial charge in [-0.3, -0.25) is 4.79 Å². The molecule has 0 heterocycles. The van der Waals surface area contributed by atoms with Gasteiger partial charge in [0, 0.05) is 14.5 Å². The molecule has 4 heteroatoms. The molecule has 0 radical (unpaired) electrons. The van der Waals surface area contributed by atoms with Crippen molar-refractivity contribution in [3.8, 4) is 0 Å². The SMILES string of the molecule is C=C(C[Si](C)(C)C)[C@@H]1CC[C@@H](OC(=O)c2ccccc2)C(=O)C1. The first-order chi connectivity index (χ1) is 10.8. The molecular formula is C19H26O3Si. The summed E-state index contributed by atoms with van der Waals surface area (Å²) in [6.07, 6.45) is 1.34. The van der Waals surface area contributed by atoms with E-state index in [0.717, 1.165) is 12.5 Å². The minimum absolute atomic E-state index is 0.0299. The van der Waals surface area contributed by atoms with Crippen LogP contribution in [0.15, 0.2) is 42.5 Å². The highest BCUT2D eigenvalue weighted by Gasteiger charge is 2.33. The van der Waals surface area contributed by atoms with Gasteiger partial charge >= 0.3 is 5.97 Å². The molecule has 1 aliphatic carbocycles. The van der Waals surface area contributed by atoms with E-state index in [1.165, 1.54) is 5.57 Å². The minimum atomic E-state index is -1.21. The van der Waals surface area contributed by atoms with Crippen molar-refractivity contribution in [2.75, 3.05) is 0 Å². The van der Waals surface area contributed by atoms with Gasteiger partial charge in [0.15, 0.2) is 11.9 Å². The number of hydrogen-bond acceptors (Lipinski definition) is 3. The zero-order chi connectivity index (χ0) is 17.0. The lowest BCUT2D eigenvalue weighted by atomic mass is 9.82. The van der Waals surface area contributed by atoms with Crippen molar-refractivity contribution in [3.05, 3.63) is 48.0 Å². The van der Waals surface area contributed by atoms with E-state index in [9.17, 15) is 9.59 Å². The van der Waals surface area contributed by atoms with Gasteiger partial charge in [-0.2, -0.15) is 0 Å². The van der Waals surface area contributed by atoms with Crippen LogP contribution >= 0.6 is 0 Å². The largest absolute Gasteiger partial charge is 0.451 e. The number of esters is 1. The summed E-state index contributed by atoms with van der Waals surface area (Å²) in [5, 5.41) is 0. The number of carbonyl (C=O) groups is 2. The average Bonchev–Trinajstić information content (AvgIpc) is 2.48. The van der Waals surface area contributed by atoms with Crippen molar-refractivity contribution < 1.29 is 14.3 Å². The first-order valence-electron chi connectivity index (χ1n) is 8.23. The Kier molecular flexibility index (Phi) is 5.58. The highest BCUT2D eigenvalue weighted by atomic mass is 28.3. The molecule has 0 aliphatic heterocycles. The lowest BCUT2D eigenvalue weighted by molar-refractivity contribution is -0.131. The summed E-state index contributed by atoms with van der Waals surface area (Å²) in [6, 6.07) is 9.88. The summed E-state index contributed by atoms with van der Waals surface area (Å²) in [6.45, 7) is 11.1. The fourth-order valence-corrected chi connectivity index (χ4v) is 4.71. The molecule has 2 atom stereocenters. The molecule has 2 rings (SSSR count). The number of hydrogen-bond donors (Lipinski definition) is 0. The number of allylic oxidation sites excluding steroid dienone is 1. The molecule has 124 valence electrons. The van der Waals surface area contributed by atoms with E-state index >= 15 is 0 Å². The number of benzene rings is 1. The zero-order valence-electron chi connectivity index (χ0n) is 14.3. The Morgan fingerprint density at radius 3 is 2.43 bits per heavy atom. The lowest BCUT2D eigenvalue weighted by Gasteiger charge is -2.30. The van der Waals surface area contributed by atoms with Crippen LogP contribution in [0, 0.1) is 5.92 Å². The Bertz CT molecular complexity index is 586. The van der Waals surface area contributed by atoms with E-state index in [4.69, 9.17) is 4.74 Å². The van der Waals surface area contributed by atoms with Crippen molar-refractivity contribution in [1.29, 1.82) is 0 Å². The average molecular weight is 331 g/mol. The number of rotatable bonds is 5. The maximum Gasteiger partial charge on any atom is 0.338 e. The van der Waals surface area contributed by atoms with Gasteiger partial charge in [0.05, 0.1) is 5.56 Å². The molecule has 0 aromatic heterocycles. The van der Waals surface area contributed by atoms with Crippen molar-refractivity contribution >= 4 is 19.8 Å². The summed E-state index contributed by atoms with van der Waals surface area (Å²) in [5.74, 6) is -0.133. The van der Waals surface area contributed by atoms with Gasteiger partial charge in [-0.15, -0.1) is 0 Å². The molecule has 0 amide bonds. The zero-order valence-corrected chi connectivity index (χ0v) is 15.3. The molecule has 0 saturated heterocycles. The summed E-state index contributed by atoms with van der Waals surface area (Å²) in [7, 11) is -1.21. The van der Waals surface area contributed by atoms with Crippen molar-refractivity contribution in [1.82, 2.24) is 0 Å². The molecule has 0 N–H and O–H groups in total. The van der Waals surface area contributed by atoms with Crippen molar-refractivity contribution in [3.63, 3.8) is 0 Å². The van der Waals surface area contributed by atoms with Gasteiger partial charge in [-0.25, -0.2) is 4.79 Å². The van der Waals surface area contributed by atoms with Gasteiger partial charge in [-0.1, -0.05) is 50.0 Å². The molecule has 0 bridgehead atoms. The van der Waals surface area contributed by atoms with E-state index < -0.39 is 20.1 Å². The van der Waals surface area contributed by atoms with Gasteiger partial charge in [0.2, 0.25) is 0 Å². The monoisotopic (exact) mass is 330 g/mol. The molecule has 1 aromatic carbocycles. The first kappa shape index (κ1) is 17.7. The Labute approximate surface area is 139 Å². The highest BCUT2D eigenvalue weighted by Crippen LogP contribution is 2.33. The Morgan fingerprint density at radius 2 is 1.87 bits per heavy atom. The summed E-state index contributed by atoms with van der Waals surface area (Å²) in [4.78, 5) is 24.4.